The molecule has 0 aromatic carbocycles. The van der Waals surface area contributed by atoms with Crippen molar-refractivity contribution in [2.75, 3.05) is 27.7 Å². The number of carboxylic acids is 2. The Bertz CT molecular complexity index is 215. The van der Waals surface area contributed by atoms with Gasteiger partial charge in [-0.3, -0.25) is 0 Å². The van der Waals surface area contributed by atoms with Crippen molar-refractivity contribution in [3.8, 4) is 0 Å². The van der Waals surface area contributed by atoms with Crippen molar-refractivity contribution in [2.45, 2.75) is 6.92 Å². The molecule has 0 heterocycles. The highest BCUT2D eigenvalue weighted by Gasteiger charge is 2.04. The van der Waals surface area contributed by atoms with E-state index in [1.54, 1.807) is 28.1 Å². The van der Waals surface area contributed by atoms with E-state index >= 15 is 0 Å². The average Bonchev–Trinajstić information content (AvgIpc) is 1.80. The normalized spacial score (nSPS) is 10.6. The van der Waals surface area contributed by atoms with E-state index in [-0.39, 0.29) is 6.54 Å². The van der Waals surface area contributed by atoms with Crippen LogP contribution >= 0.6 is 0 Å². The van der Waals surface area contributed by atoms with Gasteiger partial charge in [0.1, 0.15) is 6.54 Å². The van der Waals surface area contributed by atoms with Crippen molar-refractivity contribution in [3.05, 3.63) is 12.2 Å². The molecule has 82 valence electrons. The van der Waals surface area contributed by atoms with Crippen LogP contribution in [0.25, 0.3) is 0 Å². The van der Waals surface area contributed by atoms with Gasteiger partial charge in [-0.15, -0.1) is 0 Å². The van der Waals surface area contributed by atoms with Crippen molar-refractivity contribution >= 4 is 11.9 Å². The summed E-state index contributed by atoms with van der Waals surface area (Å²) in [6, 6.07) is 0. The molecule has 14 heavy (non-hydrogen) atoms. The third kappa shape index (κ3) is 22.4. The van der Waals surface area contributed by atoms with Crippen LogP contribution in [0.5, 0.6) is 0 Å². The van der Waals surface area contributed by atoms with Crippen molar-refractivity contribution in [2.24, 2.45) is 0 Å². The lowest BCUT2D eigenvalue weighted by Gasteiger charge is -2.23. The molecule has 0 bridgehead atoms. The van der Waals surface area contributed by atoms with Gasteiger partial charge in [0.15, 0.2) is 0 Å². The lowest BCUT2D eigenvalue weighted by atomic mass is 10.5. The van der Waals surface area contributed by atoms with Crippen LogP contribution in [0.1, 0.15) is 6.92 Å². The fourth-order valence-electron chi connectivity index (χ4n) is 0.530. The fourth-order valence-corrected chi connectivity index (χ4v) is 0.530. The Balaban J connectivity index is 0. The highest BCUT2D eigenvalue weighted by molar-refractivity contribution is 5.79. The lowest BCUT2D eigenvalue weighted by molar-refractivity contribution is -0.864. The predicted octanol–water partition coefficient (Wildman–Crippen LogP) is -0.910. The van der Waals surface area contributed by atoms with Gasteiger partial charge in [0, 0.05) is 6.08 Å². The van der Waals surface area contributed by atoms with Crippen LogP contribution in [0, 0.1) is 0 Å². The number of quaternary nitrogens is 1. The Morgan fingerprint density at radius 3 is 1.79 bits per heavy atom. The molecule has 0 saturated heterocycles. The third-order valence-corrected chi connectivity index (χ3v) is 0.913. The second-order valence-electron chi connectivity index (χ2n) is 3.66. The average molecular weight is 203 g/mol. The van der Waals surface area contributed by atoms with Crippen LogP contribution in [0.4, 0.5) is 0 Å². The fraction of sp³-hybridized carbons (Fsp3) is 0.556. The van der Waals surface area contributed by atoms with Gasteiger partial charge in [-0.2, -0.15) is 0 Å². The molecule has 0 fully saturated rings. The SMILES string of the molecule is C/C=C/C(=O)O.C[N+](C)(C)CC(=O)[O-]. The summed E-state index contributed by atoms with van der Waals surface area (Å²) >= 11 is 0. The zero-order valence-corrected chi connectivity index (χ0v) is 8.98. The number of hydrogen-bond donors (Lipinski definition) is 1. The molecule has 0 aliphatic carbocycles. The topological polar surface area (TPSA) is 77.4 Å². The van der Waals surface area contributed by atoms with E-state index < -0.39 is 11.9 Å². The Morgan fingerprint density at radius 2 is 1.79 bits per heavy atom. The first kappa shape index (κ1) is 15.1. The standard InChI is InChI=1S/C5H11NO2.C4H6O2/c1-6(2,3)4-5(7)8;1-2-3-4(5)6/h4H2,1-3H3;2-3H,1H3,(H,5,6)/b;3-2+. The maximum absolute atomic E-state index is 9.89. The summed E-state index contributed by atoms with van der Waals surface area (Å²) in [5, 5.41) is 17.7. The molecule has 0 radical (unpaired) electrons. The predicted molar refractivity (Wildman–Crippen MR) is 50.4 cm³/mol. The molecular formula is C9H17NO4. The van der Waals surface area contributed by atoms with E-state index in [0.29, 0.717) is 4.48 Å². The molecule has 0 aromatic rings. The number of hydrogen-bond acceptors (Lipinski definition) is 3. The number of carboxylic acid groups (broad SMARTS) is 2. The van der Waals surface area contributed by atoms with Gasteiger partial charge >= 0.3 is 5.97 Å². The molecule has 5 heteroatoms. The molecule has 0 atom stereocenters. The number of carbonyl (C=O) groups is 2. The van der Waals surface area contributed by atoms with Gasteiger partial charge < -0.3 is 19.5 Å². The summed E-state index contributed by atoms with van der Waals surface area (Å²) in [7, 11) is 5.40. The maximum atomic E-state index is 9.89. The van der Waals surface area contributed by atoms with Crippen LogP contribution in [-0.2, 0) is 9.59 Å². The Morgan fingerprint density at radius 1 is 1.36 bits per heavy atom. The molecule has 0 rings (SSSR count). The van der Waals surface area contributed by atoms with Crippen molar-refractivity contribution < 1.29 is 24.3 Å². The molecule has 0 aliphatic heterocycles. The molecule has 0 spiro atoms. The van der Waals surface area contributed by atoms with Crippen LogP contribution < -0.4 is 5.11 Å². The Hall–Kier alpha value is -1.36. The van der Waals surface area contributed by atoms with Gasteiger partial charge in [0.05, 0.1) is 27.1 Å². The molecule has 0 amide bonds. The number of nitrogens with zero attached hydrogens (tertiary/aromatic N) is 1. The zero-order chi connectivity index (χ0) is 11.8. The first-order valence-electron chi connectivity index (χ1n) is 4.05. The first-order valence-corrected chi connectivity index (χ1v) is 4.05. The summed E-state index contributed by atoms with van der Waals surface area (Å²) in [5.74, 6) is -1.89. The zero-order valence-electron chi connectivity index (χ0n) is 8.98. The van der Waals surface area contributed by atoms with Gasteiger partial charge in [0.2, 0.25) is 0 Å². The van der Waals surface area contributed by atoms with Gasteiger partial charge in [-0.1, -0.05) is 6.08 Å². The number of carbonyl (C=O) groups excluding carboxylic acids is 1. The second kappa shape index (κ2) is 7.08. The summed E-state index contributed by atoms with van der Waals surface area (Å²) in [4.78, 5) is 19.4. The van der Waals surface area contributed by atoms with E-state index in [4.69, 9.17) is 5.11 Å². The molecular weight excluding hydrogens is 186 g/mol. The van der Waals surface area contributed by atoms with Crippen molar-refractivity contribution in [1.82, 2.24) is 0 Å². The van der Waals surface area contributed by atoms with Crippen molar-refractivity contribution in [3.63, 3.8) is 0 Å². The van der Waals surface area contributed by atoms with E-state index in [0.717, 1.165) is 6.08 Å². The number of aliphatic carboxylic acids is 2. The van der Waals surface area contributed by atoms with E-state index in [2.05, 4.69) is 0 Å². The third-order valence-electron chi connectivity index (χ3n) is 0.913. The number of allylic oxidation sites excluding steroid dienone is 1. The maximum Gasteiger partial charge on any atom is 0.327 e. The highest BCUT2D eigenvalue weighted by atomic mass is 16.4. The summed E-state index contributed by atoms with van der Waals surface area (Å²) in [6.07, 6.45) is 2.56. The smallest absolute Gasteiger partial charge is 0.327 e. The monoisotopic (exact) mass is 203 g/mol. The molecule has 0 aromatic heterocycles. The van der Waals surface area contributed by atoms with E-state index in [1.807, 2.05) is 0 Å². The quantitative estimate of drug-likeness (QED) is 0.476. The summed E-state index contributed by atoms with van der Waals surface area (Å²) < 4.78 is 0.419. The van der Waals surface area contributed by atoms with Crippen LogP contribution in [0.2, 0.25) is 0 Å². The minimum Gasteiger partial charge on any atom is -0.544 e. The largest absolute Gasteiger partial charge is 0.544 e. The minimum atomic E-state index is -1.00. The summed E-state index contributed by atoms with van der Waals surface area (Å²) in [6.45, 7) is 1.73. The van der Waals surface area contributed by atoms with E-state index in [1.165, 1.54) is 6.08 Å². The molecule has 0 unspecified atom stereocenters. The second-order valence-corrected chi connectivity index (χ2v) is 3.66. The Kier molecular flexibility index (Phi) is 7.65. The minimum absolute atomic E-state index is 0.0694. The molecule has 0 aliphatic rings. The van der Waals surface area contributed by atoms with Crippen LogP contribution in [0.3, 0.4) is 0 Å². The first-order chi connectivity index (χ1) is 6.19. The highest BCUT2D eigenvalue weighted by Crippen LogP contribution is 1.84. The van der Waals surface area contributed by atoms with E-state index in [9.17, 15) is 14.7 Å². The molecule has 1 N–H and O–H groups in total. The number of likely N-dealkylation sites (N-methyl/N-ethyl adjacent to an activating group) is 1. The van der Waals surface area contributed by atoms with Crippen molar-refractivity contribution in [1.29, 1.82) is 0 Å². The molecule has 0 saturated carbocycles. The molecule has 5 nitrogen and oxygen atoms in total. The summed E-state index contributed by atoms with van der Waals surface area (Å²) in [5.41, 5.74) is 0. The Labute approximate surface area is 83.9 Å². The lowest BCUT2D eigenvalue weighted by Crippen LogP contribution is -2.45. The van der Waals surface area contributed by atoms with Gasteiger partial charge in [0.25, 0.3) is 0 Å². The van der Waals surface area contributed by atoms with Gasteiger partial charge in [-0.05, 0) is 6.92 Å². The number of rotatable bonds is 3. The van der Waals surface area contributed by atoms with Gasteiger partial charge in [-0.25, -0.2) is 4.79 Å². The van der Waals surface area contributed by atoms with Crippen LogP contribution in [0.15, 0.2) is 12.2 Å². The van der Waals surface area contributed by atoms with Crippen LogP contribution in [-0.4, -0.2) is 49.2 Å².